The maximum atomic E-state index is 13.6. The van der Waals surface area contributed by atoms with Crippen LogP contribution in [-0.4, -0.2) is 25.6 Å². The number of halogens is 2. The van der Waals surface area contributed by atoms with Crippen LogP contribution in [0.15, 0.2) is 18.2 Å². The highest BCUT2D eigenvalue weighted by molar-refractivity contribution is 5.92. The van der Waals surface area contributed by atoms with E-state index in [-0.39, 0.29) is 30.0 Å². The maximum absolute atomic E-state index is 13.6. The van der Waals surface area contributed by atoms with Crippen molar-refractivity contribution in [3.63, 3.8) is 0 Å². The zero-order valence-corrected chi connectivity index (χ0v) is 12.3. The third kappa shape index (κ3) is 4.35. The lowest BCUT2D eigenvalue weighted by atomic mass is 9.97. The van der Waals surface area contributed by atoms with Crippen molar-refractivity contribution < 1.29 is 13.9 Å². The van der Waals surface area contributed by atoms with Crippen LogP contribution in [0.3, 0.4) is 0 Å². The van der Waals surface area contributed by atoms with Gasteiger partial charge in [-0.2, -0.15) is 0 Å². The Hall–Kier alpha value is -1.33. The van der Waals surface area contributed by atoms with Crippen molar-refractivity contribution >= 4 is 24.0 Å². The van der Waals surface area contributed by atoms with Crippen molar-refractivity contribution in [2.75, 3.05) is 25.0 Å². The molecule has 1 aliphatic heterocycles. The molecule has 6 heteroatoms. The largest absolute Gasteiger partial charge is 0.491 e. The second kappa shape index (κ2) is 8.07. The lowest BCUT2D eigenvalue weighted by Crippen LogP contribution is -2.34. The summed E-state index contributed by atoms with van der Waals surface area (Å²) in [5.41, 5.74) is 0.476. The SMILES string of the molecule is CCOc1ccc(NC(=O)C2CCNCC2)cc1F.Cl. The highest BCUT2D eigenvalue weighted by Gasteiger charge is 2.21. The molecule has 1 aromatic rings. The van der Waals surface area contributed by atoms with Crippen molar-refractivity contribution in [2.45, 2.75) is 19.8 Å². The number of anilines is 1. The predicted octanol–water partition coefficient (Wildman–Crippen LogP) is 2.58. The van der Waals surface area contributed by atoms with Gasteiger partial charge in [-0.15, -0.1) is 12.4 Å². The third-order valence-corrected chi connectivity index (χ3v) is 3.21. The van der Waals surface area contributed by atoms with Crippen molar-refractivity contribution in [2.24, 2.45) is 5.92 Å². The van der Waals surface area contributed by atoms with Gasteiger partial charge in [-0.25, -0.2) is 4.39 Å². The number of carbonyl (C=O) groups is 1. The zero-order valence-electron chi connectivity index (χ0n) is 11.4. The van der Waals surface area contributed by atoms with Gasteiger partial charge in [0, 0.05) is 17.7 Å². The molecule has 1 heterocycles. The minimum absolute atomic E-state index is 0. The Morgan fingerprint density at radius 1 is 1.45 bits per heavy atom. The van der Waals surface area contributed by atoms with Crippen LogP contribution >= 0.6 is 12.4 Å². The Morgan fingerprint density at radius 2 is 2.15 bits per heavy atom. The quantitative estimate of drug-likeness (QED) is 0.899. The van der Waals surface area contributed by atoms with E-state index in [4.69, 9.17) is 4.74 Å². The molecule has 0 unspecified atom stereocenters. The summed E-state index contributed by atoms with van der Waals surface area (Å²) in [5, 5.41) is 5.97. The lowest BCUT2D eigenvalue weighted by molar-refractivity contribution is -0.120. The van der Waals surface area contributed by atoms with Gasteiger partial charge < -0.3 is 15.4 Å². The molecule has 0 atom stereocenters. The Morgan fingerprint density at radius 3 is 2.75 bits per heavy atom. The highest BCUT2D eigenvalue weighted by atomic mass is 35.5. The van der Waals surface area contributed by atoms with Crippen LogP contribution in [0, 0.1) is 11.7 Å². The van der Waals surface area contributed by atoms with E-state index < -0.39 is 5.82 Å². The summed E-state index contributed by atoms with van der Waals surface area (Å²) < 4.78 is 18.8. The van der Waals surface area contributed by atoms with E-state index in [0.29, 0.717) is 12.3 Å². The van der Waals surface area contributed by atoms with E-state index in [2.05, 4.69) is 10.6 Å². The van der Waals surface area contributed by atoms with Crippen LogP contribution in [0.2, 0.25) is 0 Å². The Bertz CT molecular complexity index is 451. The van der Waals surface area contributed by atoms with Crippen LogP contribution in [0.5, 0.6) is 5.75 Å². The summed E-state index contributed by atoms with van der Waals surface area (Å²) in [7, 11) is 0. The molecule has 4 nitrogen and oxygen atoms in total. The molecule has 112 valence electrons. The number of benzene rings is 1. The maximum Gasteiger partial charge on any atom is 0.227 e. The number of amides is 1. The van der Waals surface area contributed by atoms with Crippen LogP contribution in [0.4, 0.5) is 10.1 Å². The first kappa shape index (κ1) is 16.7. The van der Waals surface area contributed by atoms with Gasteiger partial charge in [-0.1, -0.05) is 0 Å². The van der Waals surface area contributed by atoms with Crippen molar-refractivity contribution in [3.05, 3.63) is 24.0 Å². The van der Waals surface area contributed by atoms with E-state index in [1.54, 1.807) is 13.0 Å². The van der Waals surface area contributed by atoms with E-state index in [9.17, 15) is 9.18 Å². The second-order valence-electron chi connectivity index (χ2n) is 4.59. The van der Waals surface area contributed by atoms with Crippen LogP contribution in [0.25, 0.3) is 0 Å². The molecule has 0 saturated carbocycles. The number of rotatable bonds is 4. The number of hydrogen-bond acceptors (Lipinski definition) is 3. The highest BCUT2D eigenvalue weighted by Crippen LogP contribution is 2.22. The molecule has 0 aromatic heterocycles. The van der Waals surface area contributed by atoms with Crippen LogP contribution < -0.4 is 15.4 Å². The molecule has 1 aromatic carbocycles. The molecule has 2 N–H and O–H groups in total. The predicted molar refractivity (Wildman–Crippen MR) is 79.0 cm³/mol. The molecule has 0 aliphatic carbocycles. The fourth-order valence-electron chi connectivity index (χ4n) is 2.18. The van der Waals surface area contributed by atoms with E-state index in [1.807, 2.05) is 0 Å². The topological polar surface area (TPSA) is 50.4 Å². The van der Waals surface area contributed by atoms with Gasteiger partial charge in [0.1, 0.15) is 0 Å². The summed E-state index contributed by atoms with van der Waals surface area (Å²) in [6.45, 7) is 3.93. The first-order valence-electron chi connectivity index (χ1n) is 6.64. The fourth-order valence-corrected chi connectivity index (χ4v) is 2.18. The number of hydrogen-bond donors (Lipinski definition) is 2. The summed E-state index contributed by atoms with van der Waals surface area (Å²) >= 11 is 0. The van der Waals surface area contributed by atoms with Gasteiger partial charge >= 0.3 is 0 Å². The van der Waals surface area contributed by atoms with Gasteiger partial charge in [0.15, 0.2) is 11.6 Å². The zero-order chi connectivity index (χ0) is 13.7. The number of piperidine rings is 1. The van der Waals surface area contributed by atoms with E-state index >= 15 is 0 Å². The van der Waals surface area contributed by atoms with Crippen molar-refractivity contribution in [1.82, 2.24) is 5.32 Å². The van der Waals surface area contributed by atoms with Crippen molar-refractivity contribution in [1.29, 1.82) is 0 Å². The van der Waals surface area contributed by atoms with Gasteiger partial charge in [-0.05, 0) is 45.0 Å². The normalized spacial score (nSPS) is 15.3. The number of nitrogens with one attached hydrogen (secondary N) is 2. The summed E-state index contributed by atoms with van der Waals surface area (Å²) in [5.74, 6) is -0.270. The monoisotopic (exact) mass is 302 g/mol. The van der Waals surface area contributed by atoms with Gasteiger partial charge in [0.05, 0.1) is 6.61 Å². The lowest BCUT2D eigenvalue weighted by Gasteiger charge is -2.21. The van der Waals surface area contributed by atoms with Gasteiger partial charge in [0.2, 0.25) is 5.91 Å². The fraction of sp³-hybridized carbons (Fsp3) is 0.500. The third-order valence-electron chi connectivity index (χ3n) is 3.21. The molecule has 2 rings (SSSR count). The van der Waals surface area contributed by atoms with Crippen LogP contribution in [0.1, 0.15) is 19.8 Å². The molecule has 0 bridgehead atoms. The van der Waals surface area contributed by atoms with E-state index in [0.717, 1.165) is 25.9 Å². The van der Waals surface area contributed by atoms with E-state index in [1.165, 1.54) is 12.1 Å². The molecule has 1 amide bonds. The minimum atomic E-state index is -0.454. The Kier molecular flexibility index (Phi) is 6.75. The Balaban J connectivity index is 0.00000200. The number of ether oxygens (including phenoxy) is 1. The summed E-state index contributed by atoms with van der Waals surface area (Å²) in [6, 6.07) is 4.49. The molecule has 1 saturated heterocycles. The van der Waals surface area contributed by atoms with Gasteiger partial charge in [-0.3, -0.25) is 4.79 Å². The molecule has 1 aliphatic rings. The average molecular weight is 303 g/mol. The summed E-state index contributed by atoms with van der Waals surface area (Å²) in [4.78, 5) is 12.0. The smallest absolute Gasteiger partial charge is 0.227 e. The number of carbonyl (C=O) groups excluding carboxylic acids is 1. The molecule has 20 heavy (non-hydrogen) atoms. The molecule has 1 fully saturated rings. The second-order valence-corrected chi connectivity index (χ2v) is 4.59. The molecular weight excluding hydrogens is 283 g/mol. The van der Waals surface area contributed by atoms with Crippen LogP contribution in [-0.2, 0) is 4.79 Å². The summed E-state index contributed by atoms with van der Waals surface area (Å²) in [6.07, 6.45) is 1.65. The standard InChI is InChI=1S/C14H19FN2O2.ClH/c1-2-19-13-4-3-11(9-12(13)15)17-14(18)10-5-7-16-8-6-10;/h3-4,9-10,16H,2,5-8H2,1H3,(H,17,18);1H. The Labute approximate surface area is 124 Å². The van der Waals surface area contributed by atoms with Crippen molar-refractivity contribution in [3.8, 4) is 5.75 Å². The first-order chi connectivity index (χ1) is 9.20. The average Bonchev–Trinajstić information content (AvgIpc) is 2.43. The molecule has 0 spiro atoms. The molecule has 0 radical (unpaired) electrons. The minimum Gasteiger partial charge on any atom is -0.491 e. The van der Waals surface area contributed by atoms with Gasteiger partial charge in [0.25, 0.3) is 0 Å². The molecular formula is C14H20ClFN2O2. The first-order valence-corrected chi connectivity index (χ1v) is 6.64.